The van der Waals surface area contributed by atoms with Crippen molar-refractivity contribution in [2.24, 2.45) is 0 Å². The minimum atomic E-state index is -3.06. The van der Waals surface area contributed by atoms with E-state index in [1.807, 2.05) is 0 Å². The molecule has 3 N–H and O–H groups in total. The van der Waals surface area contributed by atoms with E-state index in [1.54, 1.807) is 38.3 Å². The van der Waals surface area contributed by atoms with Crippen molar-refractivity contribution in [1.29, 1.82) is 0 Å². The van der Waals surface area contributed by atoms with E-state index < -0.39 is 28.0 Å². The zero-order valence-corrected chi connectivity index (χ0v) is 14.4. The fraction of sp³-hybridized carbons (Fsp3) is 0.467. The highest BCUT2D eigenvalue weighted by Crippen LogP contribution is 2.15. The van der Waals surface area contributed by atoms with E-state index in [0.29, 0.717) is 17.9 Å². The van der Waals surface area contributed by atoms with Crippen LogP contribution in [0.15, 0.2) is 24.3 Å². The van der Waals surface area contributed by atoms with Crippen LogP contribution in [0.1, 0.15) is 13.3 Å². The Labute approximate surface area is 140 Å². The van der Waals surface area contributed by atoms with Crippen LogP contribution in [-0.2, 0) is 14.6 Å². The van der Waals surface area contributed by atoms with Gasteiger partial charge in [0, 0.05) is 11.7 Å². The quantitative estimate of drug-likeness (QED) is 0.712. The molecule has 1 heterocycles. The minimum Gasteiger partial charge on any atom is -0.497 e. The van der Waals surface area contributed by atoms with Gasteiger partial charge in [0.05, 0.1) is 18.6 Å². The average molecular weight is 355 g/mol. The highest BCUT2D eigenvalue weighted by molar-refractivity contribution is 7.91. The molecule has 24 heavy (non-hydrogen) atoms. The molecule has 0 aliphatic carbocycles. The van der Waals surface area contributed by atoms with Crippen molar-refractivity contribution in [3.05, 3.63) is 24.3 Å². The Balaban J connectivity index is 1.81. The fourth-order valence-electron chi connectivity index (χ4n) is 2.32. The lowest BCUT2D eigenvalue weighted by Gasteiger charge is -2.17. The van der Waals surface area contributed by atoms with E-state index >= 15 is 0 Å². The summed E-state index contributed by atoms with van der Waals surface area (Å²) in [5, 5.41) is 7.74. The standard InChI is InChI=1S/C15H21N3O5S/c1-10(14(19)17-11-3-5-13(23-2)6-4-11)16-15(20)18-12-7-8-24(21,22)9-12/h3-6,10,12H,7-9H2,1-2H3,(H,17,19)(H2,16,18,20)/t10-,12?/m1/s1. The van der Waals surface area contributed by atoms with Gasteiger partial charge in [0.2, 0.25) is 5.91 Å². The molecule has 3 amide bonds. The van der Waals surface area contributed by atoms with Crippen LogP contribution < -0.4 is 20.7 Å². The Morgan fingerprint density at radius 1 is 1.25 bits per heavy atom. The number of urea groups is 1. The topological polar surface area (TPSA) is 114 Å². The smallest absolute Gasteiger partial charge is 0.315 e. The summed E-state index contributed by atoms with van der Waals surface area (Å²) in [4.78, 5) is 23.9. The van der Waals surface area contributed by atoms with Crippen LogP contribution in [0, 0.1) is 0 Å². The van der Waals surface area contributed by atoms with E-state index in [-0.39, 0.29) is 17.4 Å². The molecule has 0 aromatic heterocycles. The number of rotatable bonds is 5. The zero-order chi connectivity index (χ0) is 17.7. The van der Waals surface area contributed by atoms with Crippen molar-refractivity contribution in [2.75, 3.05) is 23.9 Å². The third-order valence-electron chi connectivity index (χ3n) is 3.67. The van der Waals surface area contributed by atoms with Crippen molar-refractivity contribution < 1.29 is 22.7 Å². The molecule has 1 aliphatic rings. The Bertz CT molecular complexity index is 702. The maximum Gasteiger partial charge on any atom is 0.315 e. The van der Waals surface area contributed by atoms with Crippen LogP contribution in [0.25, 0.3) is 0 Å². The molecule has 1 saturated heterocycles. The van der Waals surface area contributed by atoms with Crippen molar-refractivity contribution in [3.8, 4) is 5.75 Å². The van der Waals surface area contributed by atoms with Crippen LogP contribution in [0.5, 0.6) is 5.75 Å². The molecule has 1 aromatic carbocycles. The molecular formula is C15H21N3O5S. The molecule has 1 aliphatic heterocycles. The molecule has 0 spiro atoms. The number of methoxy groups -OCH3 is 1. The van der Waals surface area contributed by atoms with Crippen molar-refractivity contribution in [1.82, 2.24) is 10.6 Å². The van der Waals surface area contributed by atoms with Crippen LogP contribution in [0.4, 0.5) is 10.5 Å². The molecular weight excluding hydrogens is 334 g/mol. The number of sulfone groups is 1. The first-order chi connectivity index (χ1) is 11.3. The van der Waals surface area contributed by atoms with Crippen LogP contribution in [-0.4, -0.2) is 51.1 Å². The van der Waals surface area contributed by atoms with Gasteiger partial charge in [-0.3, -0.25) is 4.79 Å². The average Bonchev–Trinajstić information content (AvgIpc) is 2.86. The maximum atomic E-state index is 12.1. The number of hydrogen-bond acceptors (Lipinski definition) is 5. The van der Waals surface area contributed by atoms with Gasteiger partial charge in [-0.2, -0.15) is 0 Å². The highest BCUT2D eigenvalue weighted by Gasteiger charge is 2.29. The van der Waals surface area contributed by atoms with Gasteiger partial charge in [-0.05, 0) is 37.6 Å². The third kappa shape index (κ3) is 5.12. The summed E-state index contributed by atoms with van der Waals surface area (Å²) in [6, 6.07) is 5.05. The summed E-state index contributed by atoms with van der Waals surface area (Å²) >= 11 is 0. The number of amides is 3. The monoisotopic (exact) mass is 355 g/mol. The summed E-state index contributed by atoms with van der Waals surface area (Å²) < 4.78 is 27.7. The predicted molar refractivity (Wildman–Crippen MR) is 89.8 cm³/mol. The highest BCUT2D eigenvalue weighted by atomic mass is 32.2. The molecule has 1 unspecified atom stereocenters. The summed E-state index contributed by atoms with van der Waals surface area (Å²) in [6.45, 7) is 1.55. The van der Waals surface area contributed by atoms with Gasteiger partial charge in [-0.25, -0.2) is 13.2 Å². The lowest BCUT2D eigenvalue weighted by Crippen LogP contribution is -2.49. The molecule has 0 saturated carbocycles. The number of carbonyl (C=O) groups is 2. The molecule has 9 heteroatoms. The minimum absolute atomic E-state index is 0.0627. The normalized spacial score (nSPS) is 20.0. The lowest BCUT2D eigenvalue weighted by atomic mass is 10.2. The van der Waals surface area contributed by atoms with Crippen LogP contribution in [0.3, 0.4) is 0 Å². The Hall–Kier alpha value is -2.29. The van der Waals surface area contributed by atoms with Gasteiger partial charge < -0.3 is 20.7 Å². The van der Waals surface area contributed by atoms with Gasteiger partial charge in [0.25, 0.3) is 0 Å². The van der Waals surface area contributed by atoms with Crippen molar-refractivity contribution in [2.45, 2.75) is 25.4 Å². The zero-order valence-electron chi connectivity index (χ0n) is 13.5. The maximum absolute atomic E-state index is 12.1. The van der Waals surface area contributed by atoms with Crippen molar-refractivity contribution >= 4 is 27.5 Å². The summed E-state index contributed by atoms with van der Waals surface area (Å²) in [5.74, 6) is 0.303. The number of ether oxygens (including phenoxy) is 1. The SMILES string of the molecule is COc1ccc(NC(=O)[C@@H](C)NC(=O)NC2CCS(=O)(=O)C2)cc1. The summed E-state index contributed by atoms with van der Waals surface area (Å²) in [6.07, 6.45) is 0.391. The lowest BCUT2D eigenvalue weighted by molar-refractivity contribution is -0.117. The molecule has 0 bridgehead atoms. The number of nitrogens with one attached hydrogen (secondary N) is 3. The second-order valence-corrected chi connectivity index (χ2v) is 7.89. The van der Waals surface area contributed by atoms with Crippen LogP contribution in [0.2, 0.25) is 0 Å². The number of carbonyl (C=O) groups excluding carboxylic acids is 2. The van der Waals surface area contributed by atoms with Gasteiger partial charge in [-0.15, -0.1) is 0 Å². The van der Waals surface area contributed by atoms with Gasteiger partial charge in [-0.1, -0.05) is 0 Å². The molecule has 0 radical (unpaired) electrons. The Kier molecular flexibility index (Phi) is 5.66. The second kappa shape index (κ2) is 7.52. The third-order valence-corrected chi connectivity index (χ3v) is 5.43. The van der Waals surface area contributed by atoms with E-state index in [2.05, 4.69) is 16.0 Å². The van der Waals surface area contributed by atoms with E-state index in [0.717, 1.165) is 0 Å². The molecule has 8 nitrogen and oxygen atoms in total. The van der Waals surface area contributed by atoms with E-state index in [9.17, 15) is 18.0 Å². The largest absolute Gasteiger partial charge is 0.497 e. The van der Waals surface area contributed by atoms with Gasteiger partial charge >= 0.3 is 6.03 Å². The number of benzene rings is 1. The molecule has 2 rings (SSSR count). The number of anilines is 1. The number of hydrogen-bond donors (Lipinski definition) is 3. The second-order valence-electron chi connectivity index (χ2n) is 5.66. The molecule has 1 aromatic rings. The van der Waals surface area contributed by atoms with Gasteiger partial charge in [0.1, 0.15) is 11.8 Å². The van der Waals surface area contributed by atoms with E-state index in [1.165, 1.54) is 0 Å². The Morgan fingerprint density at radius 3 is 2.46 bits per heavy atom. The fourth-order valence-corrected chi connectivity index (χ4v) is 4.00. The van der Waals surface area contributed by atoms with Gasteiger partial charge in [0.15, 0.2) is 9.84 Å². The first-order valence-electron chi connectivity index (χ1n) is 7.51. The first kappa shape index (κ1) is 18.1. The molecule has 1 fully saturated rings. The Morgan fingerprint density at radius 2 is 1.92 bits per heavy atom. The predicted octanol–water partition coefficient (Wildman–Crippen LogP) is 0.509. The molecule has 132 valence electrons. The van der Waals surface area contributed by atoms with Crippen LogP contribution >= 0.6 is 0 Å². The summed E-state index contributed by atoms with van der Waals surface area (Å²) in [7, 11) is -1.51. The van der Waals surface area contributed by atoms with Crippen molar-refractivity contribution in [3.63, 3.8) is 0 Å². The van der Waals surface area contributed by atoms with E-state index in [4.69, 9.17) is 4.74 Å². The summed E-state index contributed by atoms with van der Waals surface area (Å²) in [5.41, 5.74) is 0.580. The molecule has 2 atom stereocenters. The first-order valence-corrected chi connectivity index (χ1v) is 9.33.